The lowest BCUT2D eigenvalue weighted by molar-refractivity contribution is -0.402. The summed E-state index contributed by atoms with van der Waals surface area (Å²) < 4.78 is 4.99. The van der Waals surface area contributed by atoms with Crippen molar-refractivity contribution in [3.63, 3.8) is 0 Å². The second kappa shape index (κ2) is 4.50. The van der Waals surface area contributed by atoms with Gasteiger partial charge in [0.15, 0.2) is 0 Å². The van der Waals surface area contributed by atoms with Gasteiger partial charge in [-0.05, 0) is 32.1 Å². The molecule has 88 valence electrons. The van der Waals surface area contributed by atoms with E-state index in [-0.39, 0.29) is 5.88 Å². The quantitative estimate of drug-likeness (QED) is 0.618. The predicted molar refractivity (Wildman–Crippen MR) is 65.9 cm³/mol. The minimum atomic E-state index is -0.560. The van der Waals surface area contributed by atoms with Crippen LogP contribution < -0.4 is 0 Å². The first-order valence-electron chi connectivity index (χ1n) is 4.92. The number of furan rings is 1. The molecule has 0 fully saturated rings. The lowest BCUT2D eigenvalue weighted by Crippen LogP contribution is -1.82. The van der Waals surface area contributed by atoms with Crippen LogP contribution in [0.1, 0.15) is 21.3 Å². The zero-order valence-electron chi connectivity index (χ0n) is 9.34. The van der Waals surface area contributed by atoms with Crippen molar-refractivity contribution in [1.82, 2.24) is 4.98 Å². The minimum absolute atomic E-state index is 0.254. The molecule has 0 N–H and O–H groups in total. The zero-order valence-corrected chi connectivity index (χ0v) is 10.2. The molecule has 0 spiro atoms. The molecule has 0 aromatic carbocycles. The first-order chi connectivity index (χ1) is 8.06. The molecular weight excluding hydrogens is 240 g/mol. The van der Waals surface area contributed by atoms with E-state index in [0.29, 0.717) is 5.76 Å². The molecule has 2 aromatic rings. The van der Waals surface area contributed by atoms with E-state index in [1.165, 1.54) is 6.07 Å². The van der Waals surface area contributed by atoms with Crippen molar-refractivity contribution in [3.8, 4) is 0 Å². The van der Waals surface area contributed by atoms with Crippen molar-refractivity contribution in [3.05, 3.63) is 43.6 Å². The fourth-order valence-corrected chi connectivity index (χ4v) is 2.08. The third kappa shape index (κ3) is 2.59. The summed E-state index contributed by atoms with van der Waals surface area (Å²) in [5.74, 6) is 0.193. The molecule has 2 heterocycles. The molecular formula is C11H10N2O3S. The SMILES string of the molecule is Cc1nc(/C=C/c2ccc([N+](=O)[O-])o2)sc1C. The van der Waals surface area contributed by atoms with E-state index < -0.39 is 4.92 Å². The molecule has 0 unspecified atom stereocenters. The Morgan fingerprint density at radius 1 is 1.41 bits per heavy atom. The van der Waals surface area contributed by atoms with Gasteiger partial charge in [0, 0.05) is 4.88 Å². The average molecular weight is 250 g/mol. The topological polar surface area (TPSA) is 69.2 Å². The summed E-state index contributed by atoms with van der Waals surface area (Å²) in [4.78, 5) is 15.3. The molecule has 0 bridgehead atoms. The number of rotatable bonds is 3. The van der Waals surface area contributed by atoms with Crippen LogP contribution in [0.4, 0.5) is 5.88 Å². The second-order valence-electron chi connectivity index (χ2n) is 3.46. The van der Waals surface area contributed by atoms with Crippen LogP contribution in [0.15, 0.2) is 16.5 Å². The van der Waals surface area contributed by atoms with Gasteiger partial charge in [-0.2, -0.15) is 0 Å². The van der Waals surface area contributed by atoms with Crippen LogP contribution in [-0.2, 0) is 0 Å². The third-order valence-electron chi connectivity index (χ3n) is 2.23. The van der Waals surface area contributed by atoms with Crippen LogP contribution in [0.2, 0.25) is 0 Å². The van der Waals surface area contributed by atoms with Gasteiger partial charge in [0.1, 0.15) is 15.7 Å². The molecule has 0 amide bonds. The maximum absolute atomic E-state index is 10.4. The van der Waals surface area contributed by atoms with Crippen molar-refractivity contribution in [1.29, 1.82) is 0 Å². The van der Waals surface area contributed by atoms with Crippen molar-refractivity contribution in [2.24, 2.45) is 0 Å². The smallest absolute Gasteiger partial charge is 0.401 e. The minimum Gasteiger partial charge on any atom is -0.401 e. The highest BCUT2D eigenvalue weighted by Crippen LogP contribution is 2.21. The zero-order chi connectivity index (χ0) is 12.4. The van der Waals surface area contributed by atoms with Gasteiger partial charge in [-0.15, -0.1) is 11.3 Å². The number of aryl methyl sites for hydroxylation is 2. The van der Waals surface area contributed by atoms with Gasteiger partial charge >= 0.3 is 5.88 Å². The van der Waals surface area contributed by atoms with Gasteiger partial charge in [0.2, 0.25) is 0 Å². The molecule has 5 nitrogen and oxygen atoms in total. The predicted octanol–water partition coefficient (Wildman–Crippen LogP) is 3.43. The maximum Gasteiger partial charge on any atom is 0.433 e. The normalized spacial score (nSPS) is 11.2. The van der Waals surface area contributed by atoms with Crippen molar-refractivity contribution in [2.45, 2.75) is 13.8 Å². The molecule has 6 heteroatoms. The molecule has 0 aliphatic rings. The number of aromatic nitrogens is 1. The van der Waals surface area contributed by atoms with E-state index >= 15 is 0 Å². The number of hydrogen-bond donors (Lipinski definition) is 0. The summed E-state index contributed by atoms with van der Waals surface area (Å²) in [7, 11) is 0. The van der Waals surface area contributed by atoms with E-state index in [1.54, 1.807) is 29.6 Å². The highest BCUT2D eigenvalue weighted by Gasteiger charge is 2.09. The largest absolute Gasteiger partial charge is 0.433 e. The summed E-state index contributed by atoms with van der Waals surface area (Å²) in [6, 6.07) is 2.89. The fourth-order valence-electron chi connectivity index (χ4n) is 1.25. The van der Waals surface area contributed by atoms with Gasteiger partial charge < -0.3 is 4.42 Å². The highest BCUT2D eigenvalue weighted by atomic mass is 32.1. The standard InChI is InChI=1S/C11H10N2O3S/c1-7-8(2)17-10(12-7)5-3-9-4-6-11(16-9)13(14)15/h3-6H,1-2H3/b5-3+. The lowest BCUT2D eigenvalue weighted by atomic mass is 10.4. The Labute approximate surface area is 102 Å². The van der Waals surface area contributed by atoms with Crippen LogP contribution >= 0.6 is 11.3 Å². The summed E-state index contributed by atoms with van der Waals surface area (Å²) in [5, 5.41) is 11.3. The van der Waals surface area contributed by atoms with Gasteiger partial charge in [-0.3, -0.25) is 10.1 Å². The van der Waals surface area contributed by atoms with Crippen molar-refractivity contribution >= 4 is 29.4 Å². The maximum atomic E-state index is 10.4. The molecule has 0 saturated heterocycles. The molecule has 2 rings (SSSR count). The van der Waals surface area contributed by atoms with E-state index in [0.717, 1.165) is 15.6 Å². The van der Waals surface area contributed by atoms with Crippen molar-refractivity contribution in [2.75, 3.05) is 0 Å². The molecule has 0 atom stereocenters. The Hall–Kier alpha value is -1.95. The first kappa shape index (κ1) is 11.5. The molecule has 0 aliphatic heterocycles. The first-order valence-corrected chi connectivity index (χ1v) is 5.74. The number of hydrogen-bond acceptors (Lipinski definition) is 5. The second-order valence-corrected chi connectivity index (χ2v) is 4.69. The van der Waals surface area contributed by atoms with E-state index in [2.05, 4.69) is 4.98 Å². The fraction of sp³-hybridized carbons (Fsp3) is 0.182. The Morgan fingerprint density at radius 2 is 2.18 bits per heavy atom. The highest BCUT2D eigenvalue weighted by molar-refractivity contribution is 7.12. The van der Waals surface area contributed by atoms with Crippen LogP contribution in [0.5, 0.6) is 0 Å². The Morgan fingerprint density at radius 3 is 2.71 bits per heavy atom. The van der Waals surface area contributed by atoms with Gasteiger partial charge in [0.05, 0.1) is 11.8 Å². The van der Waals surface area contributed by atoms with Gasteiger partial charge in [-0.25, -0.2) is 4.98 Å². The Bertz CT molecular complexity index is 564. The van der Waals surface area contributed by atoms with Crippen LogP contribution in [0.25, 0.3) is 12.2 Å². The van der Waals surface area contributed by atoms with Crippen LogP contribution in [-0.4, -0.2) is 9.91 Å². The monoisotopic (exact) mass is 250 g/mol. The average Bonchev–Trinajstić information content (AvgIpc) is 2.84. The van der Waals surface area contributed by atoms with Crippen LogP contribution in [0, 0.1) is 24.0 Å². The van der Waals surface area contributed by atoms with Crippen molar-refractivity contribution < 1.29 is 9.34 Å². The Balaban J connectivity index is 2.17. The summed E-state index contributed by atoms with van der Waals surface area (Å²) in [5.41, 5.74) is 1.00. The molecule has 0 radical (unpaired) electrons. The third-order valence-corrected chi connectivity index (χ3v) is 3.27. The number of thiazole rings is 1. The lowest BCUT2D eigenvalue weighted by Gasteiger charge is -1.84. The van der Waals surface area contributed by atoms with E-state index in [4.69, 9.17) is 4.42 Å². The molecule has 17 heavy (non-hydrogen) atoms. The molecule has 0 saturated carbocycles. The summed E-state index contributed by atoms with van der Waals surface area (Å²) in [6.45, 7) is 3.95. The Kier molecular flexibility index (Phi) is 3.06. The van der Waals surface area contributed by atoms with Crippen LogP contribution in [0.3, 0.4) is 0 Å². The summed E-state index contributed by atoms with van der Waals surface area (Å²) in [6.07, 6.45) is 3.46. The van der Waals surface area contributed by atoms with Gasteiger partial charge in [-0.1, -0.05) is 0 Å². The molecule has 2 aromatic heterocycles. The number of nitrogens with zero attached hydrogens (tertiary/aromatic N) is 2. The van der Waals surface area contributed by atoms with E-state index in [1.807, 2.05) is 13.8 Å². The molecule has 0 aliphatic carbocycles. The number of nitro groups is 1. The van der Waals surface area contributed by atoms with E-state index in [9.17, 15) is 10.1 Å². The van der Waals surface area contributed by atoms with Gasteiger partial charge in [0.25, 0.3) is 0 Å². The summed E-state index contributed by atoms with van der Waals surface area (Å²) >= 11 is 1.57.